The number of hydrogen-bond acceptors (Lipinski definition) is 1. The zero-order valence-corrected chi connectivity index (χ0v) is 14.0. The molecule has 2 bridgehead atoms. The summed E-state index contributed by atoms with van der Waals surface area (Å²) in [6.45, 7) is 0. The minimum atomic E-state index is -1.48. The van der Waals surface area contributed by atoms with E-state index in [1.165, 1.54) is 0 Å². The third kappa shape index (κ3) is 1.30. The maximum absolute atomic E-state index is 6.57. The van der Waals surface area contributed by atoms with Crippen molar-refractivity contribution < 1.29 is 0 Å². The van der Waals surface area contributed by atoms with Crippen LogP contribution in [0.1, 0.15) is 0 Å². The van der Waals surface area contributed by atoms with Gasteiger partial charge in [0.15, 0.2) is 4.33 Å². The van der Waals surface area contributed by atoms with Crippen LogP contribution < -0.4 is 6.15 Å². The van der Waals surface area contributed by atoms with Crippen LogP contribution >= 0.6 is 81.2 Å². The second-order valence-corrected chi connectivity index (χ2v) is 8.29. The molecule has 0 aromatic carbocycles. The molecule has 0 aromatic rings. The molecule has 0 saturated heterocycles. The van der Waals surface area contributed by atoms with E-state index in [0.717, 1.165) is 0 Å². The van der Waals surface area contributed by atoms with Crippen LogP contribution in [-0.2, 0) is 0 Å². The summed E-state index contributed by atoms with van der Waals surface area (Å²) in [6.07, 6.45) is 3.69. The molecule has 102 valence electrons. The lowest BCUT2D eigenvalue weighted by molar-refractivity contribution is 0.420. The zero-order chi connectivity index (χ0) is 12.8. The summed E-state index contributed by atoms with van der Waals surface area (Å²) in [5, 5.41) is 0.113. The Morgan fingerprint density at radius 2 is 1.39 bits per heavy atom. The normalized spacial score (nSPS) is 51.6. The van der Waals surface area contributed by atoms with Crippen molar-refractivity contribution in [1.29, 1.82) is 0 Å². The molecule has 0 radical (unpaired) electrons. The average Bonchev–Trinajstić information content (AvgIpc) is 2.73. The molecule has 18 heavy (non-hydrogen) atoms. The van der Waals surface area contributed by atoms with Gasteiger partial charge >= 0.3 is 0 Å². The molecule has 5 unspecified atom stereocenters. The molecule has 1 nitrogen and oxygen atoms in total. The lowest BCUT2D eigenvalue weighted by Gasteiger charge is -2.34. The van der Waals surface area contributed by atoms with Gasteiger partial charge in [-0.15, -0.1) is 34.8 Å². The molecule has 0 heterocycles. The van der Waals surface area contributed by atoms with Gasteiger partial charge in [0.25, 0.3) is 0 Å². The molecule has 0 amide bonds. The summed E-state index contributed by atoms with van der Waals surface area (Å²) < 4.78 is -1.48. The maximum atomic E-state index is 6.57. The van der Waals surface area contributed by atoms with Crippen molar-refractivity contribution in [3.8, 4) is 0 Å². The van der Waals surface area contributed by atoms with E-state index in [2.05, 4.69) is 0 Å². The number of rotatable bonds is 0. The van der Waals surface area contributed by atoms with E-state index in [9.17, 15) is 0 Å². The van der Waals surface area contributed by atoms with Crippen LogP contribution in [0.4, 0.5) is 0 Å². The summed E-state index contributed by atoms with van der Waals surface area (Å²) in [5.41, 5.74) is 0. The average molecular weight is 390 g/mol. The molecule has 0 aliphatic heterocycles. The van der Waals surface area contributed by atoms with E-state index in [0.29, 0.717) is 0 Å². The molecule has 5 atom stereocenters. The van der Waals surface area contributed by atoms with Gasteiger partial charge in [-0.2, -0.15) is 0 Å². The van der Waals surface area contributed by atoms with Crippen LogP contribution in [0.2, 0.25) is 0 Å². The minimum absolute atomic E-state index is 0. The van der Waals surface area contributed by atoms with E-state index in [4.69, 9.17) is 81.2 Å². The number of halogens is 7. The molecule has 3 rings (SSSR count). The first kappa shape index (κ1) is 15.9. The minimum Gasteiger partial charge on any atom is -0.344 e. The second-order valence-electron chi connectivity index (χ2n) is 4.51. The highest BCUT2D eigenvalue weighted by Gasteiger charge is 2.83. The van der Waals surface area contributed by atoms with Crippen molar-refractivity contribution in [3.63, 3.8) is 0 Å². The van der Waals surface area contributed by atoms with E-state index < -0.39 is 14.1 Å². The predicted octanol–water partition coefficient (Wildman–Crippen LogP) is 5.40. The third-order valence-corrected chi connectivity index (χ3v) is 8.61. The maximum Gasteiger partial charge on any atom is 0.167 e. The highest BCUT2D eigenvalue weighted by molar-refractivity contribution is 6.66. The van der Waals surface area contributed by atoms with Gasteiger partial charge in [-0.25, -0.2) is 0 Å². The number of hydrogen-bond donors (Lipinski definition) is 1. The molecule has 0 spiro atoms. The van der Waals surface area contributed by atoms with Gasteiger partial charge in [0.1, 0.15) is 9.75 Å². The number of allylic oxidation sites excluding steroid dienone is 4. The topological polar surface area (TPSA) is 35.0 Å². The van der Waals surface area contributed by atoms with Crippen LogP contribution in [0.15, 0.2) is 22.2 Å². The van der Waals surface area contributed by atoms with Crippen LogP contribution in [0.25, 0.3) is 0 Å². The molecule has 3 aliphatic rings. The lowest BCUT2D eigenvalue weighted by Crippen LogP contribution is -2.45. The highest BCUT2D eigenvalue weighted by Crippen LogP contribution is 2.78. The standard InChI is InChI=1S/C10H5Cl7.H3N/c11-4-2-1-3-5(4)9(15)7(13)6(12)8(3,14)10(9,16)17;/h1-5H;1H3. The van der Waals surface area contributed by atoms with Gasteiger partial charge in [0.05, 0.1) is 15.4 Å². The van der Waals surface area contributed by atoms with Crippen molar-refractivity contribution in [2.75, 3.05) is 0 Å². The van der Waals surface area contributed by atoms with E-state index in [1.807, 2.05) is 12.2 Å². The van der Waals surface area contributed by atoms with Gasteiger partial charge in [-0.3, -0.25) is 0 Å². The Balaban J connectivity index is 0.00000120. The monoisotopic (exact) mass is 387 g/mol. The molecule has 0 aromatic heterocycles. The largest absolute Gasteiger partial charge is 0.344 e. The summed E-state index contributed by atoms with van der Waals surface area (Å²) in [7, 11) is 0. The second kappa shape index (κ2) is 4.24. The quantitative estimate of drug-likeness (QED) is 0.436. The third-order valence-electron chi connectivity index (χ3n) is 3.90. The van der Waals surface area contributed by atoms with Crippen LogP contribution in [0, 0.1) is 11.8 Å². The number of fused-ring (bicyclic) bond motifs is 5. The summed E-state index contributed by atoms with van der Waals surface area (Å²) in [4.78, 5) is -2.45. The fourth-order valence-corrected chi connectivity index (χ4v) is 6.60. The zero-order valence-electron chi connectivity index (χ0n) is 8.74. The molecule has 3 aliphatic carbocycles. The van der Waals surface area contributed by atoms with E-state index in [-0.39, 0.29) is 33.4 Å². The summed E-state index contributed by atoms with van der Waals surface area (Å²) >= 11 is 44.5. The smallest absolute Gasteiger partial charge is 0.167 e. The van der Waals surface area contributed by atoms with E-state index >= 15 is 0 Å². The Bertz CT molecular complexity index is 473. The van der Waals surface area contributed by atoms with E-state index in [1.54, 1.807) is 0 Å². The number of alkyl halides is 5. The van der Waals surface area contributed by atoms with Gasteiger partial charge < -0.3 is 6.15 Å². The van der Waals surface area contributed by atoms with Crippen LogP contribution in [-0.4, -0.2) is 19.5 Å². The van der Waals surface area contributed by atoms with Crippen molar-refractivity contribution in [3.05, 3.63) is 22.2 Å². The van der Waals surface area contributed by atoms with Crippen molar-refractivity contribution >= 4 is 81.2 Å². The highest BCUT2D eigenvalue weighted by atomic mass is 35.5. The van der Waals surface area contributed by atoms with Crippen LogP contribution in [0.3, 0.4) is 0 Å². The predicted molar refractivity (Wildman–Crippen MR) is 81.1 cm³/mol. The first-order chi connectivity index (χ1) is 7.70. The van der Waals surface area contributed by atoms with Gasteiger partial charge in [0, 0.05) is 11.8 Å². The van der Waals surface area contributed by atoms with Crippen LogP contribution in [0.5, 0.6) is 0 Å². The Labute approximate surface area is 140 Å². The molecular weight excluding hydrogens is 382 g/mol. The first-order valence-corrected chi connectivity index (χ1v) is 7.55. The molecule has 1 fully saturated rings. The Hall–Kier alpha value is 1.47. The molecule has 3 N–H and O–H groups in total. The van der Waals surface area contributed by atoms with Gasteiger partial charge in [0.2, 0.25) is 0 Å². The Morgan fingerprint density at radius 3 is 1.94 bits per heavy atom. The van der Waals surface area contributed by atoms with Crippen molar-refractivity contribution in [2.24, 2.45) is 11.8 Å². The Kier molecular flexibility index (Phi) is 3.73. The lowest BCUT2D eigenvalue weighted by atomic mass is 9.84. The summed E-state index contributed by atoms with van der Waals surface area (Å²) in [5.74, 6) is -0.470. The molecule has 1 saturated carbocycles. The molecular formula is C10H8Cl7N. The SMILES string of the molecule is ClC1=C(Cl)C2(Cl)C3C(Cl)C=CC3C1(Cl)C2(Cl)Cl.N. The molecule has 8 heteroatoms. The van der Waals surface area contributed by atoms with Gasteiger partial charge in [-0.05, 0) is 0 Å². The summed E-state index contributed by atoms with van der Waals surface area (Å²) in [6, 6.07) is 0. The Morgan fingerprint density at radius 1 is 0.889 bits per heavy atom. The van der Waals surface area contributed by atoms with Crippen molar-refractivity contribution in [2.45, 2.75) is 19.5 Å². The fourth-order valence-electron chi connectivity index (χ4n) is 3.08. The first-order valence-electron chi connectivity index (χ1n) is 4.85. The van der Waals surface area contributed by atoms with Crippen molar-refractivity contribution in [1.82, 2.24) is 6.15 Å². The fraction of sp³-hybridized carbons (Fsp3) is 0.600. The van der Waals surface area contributed by atoms with Gasteiger partial charge in [-0.1, -0.05) is 58.6 Å².